The van der Waals surface area contributed by atoms with Gasteiger partial charge in [0, 0.05) is 37.7 Å². The first-order valence-corrected chi connectivity index (χ1v) is 8.87. The van der Waals surface area contributed by atoms with Crippen LogP contribution in [0.3, 0.4) is 0 Å². The number of hydrogen-bond donors (Lipinski definition) is 1. The molecule has 0 bridgehead atoms. The van der Waals surface area contributed by atoms with Gasteiger partial charge in [-0.05, 0) is 31.9 Å². The number of amides is 1. The van der Waals surface area contributed by atoms with E-state index >= 15 is 0 Å². The number of hydrogen-bond acceptors (Lipinski definition) is 6. The summed E-state index contributed by atoms with van der Waals surface area (Å²) in [5, 5.41) is 12.0. The molecule has 0 radical (unpaired) electrons. The summed E-state index contributed by atoms with van der Waals surface area (Å²) in [4.78, 5) is 16.3. The molecule has 8 heteroatoms. The van der Waals surface area contributed by atoms with E-state index in [2.05, 4.69) is 25.1 Å². The summed E-state index contributed by atoms with van der Waals surface area (Å²) in [5.74, 6) is 0.797. The minimum Gasteiger partial charge on any atom is -0.383 e. The van der Waals surface area contributed by atoms with E-state index in [0.717, 1.165) is 29.4 Å². The molecule has 2 aromatic heterocycles. The van der Waals surface area contributed by atoms with Crippen molar-refractivity contribution in [2.75, 3.05) is 20.3 Å². The lowest BCUT2D eigenvalue weighted by molar-refractivity contribution is -0.120. The van der Waals surface area contributed by atoms with Crippen LogP contribution >= 0.6 is 11.8 Å². The summed E-state index contributed by atoms with van der Waals surface area (Å²) in [6.45, 7) is 2.89. The van der Waals surface area contributed by atoms with Crippen molar-refractivity contribution in [3.05, 3.63) is 24.5 Å². The third-order valence-electron chi connectivity index (χ3n) is 3.75. The molecule has 0 aliphatic heterocycles. The van der Waals surface area contributed by atoms with Crippen molar-refractivity contribution in [3.63, 3.8) is 0 Å². The molecule has 7 nitrogen and oxygen atoms in total. The van der Waals surface area contributed by atoms with Gasteiger partial charge in [-0.25, -0.2) is 0 Å². The monoisotopic (exact) mass is 347 g/mol. The van der Waals surface area contributed by atoms with Crippen molar-refractivity contribution in [2.24, 2.45) is 0 Å². The van der Waals surface area contributed by atoms with Crippen molar-refractivity contribution < 1.29 is 9.53 Å². The summed E-state index contributed by atoms with van der Waals surface area (Å²) >= 11 is 1.44. The summed E-state index contributed by atoms with van der Waals surface area (Å²) < 4.78 is 7.09. The van der Waals surface area contributed by atoms with Crippen LogP contribution in [0.4, 0.5) is 0 Å². The Morgan fingerprint density at radius 1 is 1.50 bits per heavy atom. The lowest BCUT2D eigenvalue weighted by atomic mass is 10.3. The normalized spacial score (nSPS) is 15.2. The average Bonchev–Trinajstić information content (AvgIpc) is 3.36. The number of pyridine rings is 1. The molecule has 1 fully saturated rings. The molecular weight excluding hydrogens is 326 g/mol. The maximum absolute atomic E-state index is 12.1. The number of carbonyl (C=O) groups excluding carboxylic acids is 1. The van der Waals surface area contributed by atoms with Crippen molar-refractivity contribution in [1.29, 1.82) is 0 Å². The van der Waals surface area contributed by atoms with E-state index in [4.69, 9.17) is 4.74 Å². The van der Waals surface area contributed by atoms with Crippen molar-refractivity contribution in [3.8, 4) is 11.4 Å². The second kappa shape index (κ2) is 7.76. The summed E-state index contributed by atoms with van der Waals surface area (Å²) in [7, 11) is 1.61. The zero-order valence-corrected chi connectivity index (χ0v) is 14.6. The Balaban J connectivity index is 1.74. The van der Waals surface area contributed by atoms with Crippen LogP contribution in [0.5, 0.6) is 0 Å². The molecule has 0 aromatic carbocycles. The second-order valence-corrected chi connectivity index (χ2v) is 7.00. The highest BCUT2D eigenvalue weighted by atomic mass is 32.2. The first-order chi connectivity index (χ1) is 11.7. The van der Waals surface area contributed by atoms with Crippen molar-refractivity contribution in [1.82, 2.24) is 25.1 Å². The van der Waals surface area contributed by atoms with Crippen LogP contribution in [0.25, 0.3) is 11.4 Å². The van der Waals surface area contributed by atoms with E-state index in [1.807, 2.05) is 19.1 Å². The molecule has 2 aromatic rings. The molecule has 1 N–H and O–H groups in total. The Bertz CT molecular complexity index is 687. The number of nitrogens with one attached hydrogen (secondary N) is 1. The van der Waals surface area contributed by atoms with E-state index in [9.17, 15) is 4.79 Å². The van der Waals surface area contributed by atoms with Gasteiger partial charge in [0.15, 0.2) is 11.0 Å². The standard InChI is InChI=1S/C16H21N5O2S/c1-11(15(22)18-8-9-23-2)24-16-20-19-14(21(16)13-5-6-13)12-4-3-7-17-10-12/h3-4,7,10-11,13H,5-6,8-9H2,1-2H3,(H,18,22)/t11-/m0/s1. The first-order valence-electron chi connectivity index (χ1n) is 7.99. The maximum atomic E-state index is 12.1. The minimum absolute atomic E-state index is 0.0228. The number of methoxy groups -OCH3 is 1. The molecule has 0 saturated heterocycles. The zero-order valence-electron chi connectivity index (χ0n) is 13.8. The van der Waals surface area contributed by atoms with Gasteiger partial charge in [-0.1, -0.05) is 11.8 Å². The lowest BCUT2D eigenvalue weighted by Crippen LogP contribution is -2.33. The zero-order chi connectivity index (χ0) is 16.9. The Kier molecular flexibility index (Phi) is 5.47. The molecule has 1 saturated carbocycles. The topological polar surface area (TPSA) is 81.9 Å². The Morgan fingerprint density at radius 3 is 3.00 bits per heavy atom. The van der Waals surface area contributed by atoms with Crippen LogP contribution in [-0.2, 0) is 9.53 Å². The molecule has 24 heavy (non-hydrogen) atoms. The molecule has 0 unspecified atom stereocenters. The third kappa shape index (κ3) is 3.93. The highest BCUT2D eigenvalue weighted by Gasteiger charge is 2.31. The smallest absolute Gasteiger partial charge is 0.233 e. The van der Waals surface area contributed by atoms with Crippen molar-refractivity contribution >= 4 is 17.7 Å². The molecule has 3 rings (SSSR count). The fraction of sp³-hybridized carbons (Fsp3) is 0.500. The van der Waals surface area contributed by atoms with Gasteiger partial charge in [0.25, 0.3) is 0 Å². The predicted molar refractivity (Wildman–Crippen MR) is 91.7 cm³/mol. The van der Waals surface area contributed by atoms with Gasteiger partial charge >= 0.3 is 0 Å². The molecule has 1 aliphatic carbocycles. The highest BCUT2D eigenvalue weighted by Crippen LogP contribution is 2.41. The van der Waals surface area contributed by atoms with E-state index < -0.39 is 0 Å². The van der Waals surface area contributed by atoms with E-state index in [1.165, 1.54) is 11.8 Å². The van der Waals surface area contributed by atoms with Crippen LogP contribution in [0, 0.1) is 0 Å². The fourth-order valence-electron chi connectivity index (χ4n) is 2.34. The number of thioether (sulfide) groups is 1. The molecule has 0 spiro atoms. The fourth-order valence-corrected chi connectivity index (χ4v) is 3.29. The number of ether oxygens (including phenoxy) is 1. The van der Waals surface area contributed by atoms with Crippen LogP contribution in [0.1, 0.15) is 25.8 Å². The van der Waals surface area contributed by atoms with Crippen LogP contribution in [0.2, 0.25) is 0 Å². The molecule has 128 valence electrons. The first kappa shape index (κ1) is 16.9. The van der Waals surface area contributed by atoms with Crippen LogP contribution < -0.4 is 5.32 Å². The van der Waals surface area contributed by atoms with E-state index in [-0.39, 0.29) is 11.2 Å². The lowest BCUT2D eigenvalue weighted by Gasteiger charge is -2.13. The van der Waals surface area contributed by atoms with Gasteiger partial charge in [0.05, 0.1) is 11.9 Å². The number of rotatable bonds is 8. The summed E-state index contributed by atoms with van der Waals surface area (Å²) in [6.07, 6.45) is 5.77. The minimum atomic E-state index is -0.245. The maximum Gasteiger partial charge on any atom is 0.233 e. The largest absolute Gasteiger partial charge is 0.383 e. The molecule has 2 heterocycles. The van der Waals surface area contributed by atoms with Crippen LogP contribution in [-0.4, -0.2) is 51.2 Å². The Morgan fingerprint density at radius 2 is 2.33 bits per heavy atom. The number of aromatic nitrogens is 4. The quantitative estimate of drug-likeness (QED) is 0.580. The Hall–Kier alpha value is -1.93. The van der Waals surface area contributed by atoms with Gasteiger partial charge in [0.1, 0.15) is 0 Å². The predicted octanol–water partition coefficient (Wildman–Crippen LogP) is 1.92. The van der Waals surface area contributed by atoms with E-state index in [1.54, 1.807) is 19.5 Å². The SMILES string of the molecule is COCCNC(=O)[C@H](C)Sc1nnc(-c2cccnc2)n1C1CC1. The van der Waals surface area contributed by atoms with Crippen molar-refractivity contribution in [2.45, 2.75) is 36.2 Å². The number of carbonyl (C=O) groups is 1. The summed E-state index contributed by atoms with van der Waals surface area (Å²) in [5.41, 5.74) is 0.945. The Labute approximate surface area is 145 Å². The van der Waals surface area contributed by atoms with Gasteiger partial charge in [0.2, 0.25) is 5.91 Å². The molecular formula is C16H21N5O2S. The highest BCUT2D eigenvalue weighted by molar-refractivity contribution is 8.00. The average molecular weight is 347 g/mol. The summed E-state index contributed by atoms with van der Waals surface area (Å²) in [6, 6.07) is 4.28. The molecule has 1 aliphatic rings. The van der Waals surface area contributed by atoms with Gasteiger partial charge in [-0.2, -0.15) is 0 Å². The van der Waals surface area contributed by atoms with Gasteiger partial charge in [-0.15, -0.1) is 10.2 Å². The molecule has 1 amide bonds. The number of nitrogens with zero attached hydrogens (tertiary/aromatic N) is 4. The third-order valence-corrected chi connectivity index (χ3v) is 4.81. The second-order valence-electron chi connectivity index (χ2n) is 5.69. The van der Waals surface area contributed by atoms with Gasteiger partial charge in [-0.3, -0.25) is 14.3 Å². The van der Waals surface area contributed by atoms with E-state index in [0.29, 0.717) is 19.2 Å². The molecule has 1 atom stereocenters. The van der Waals surface area contributed by atoms with Crippen LogP contribution in [0.15, 0.2) is 29.7 Å². The van der Waals surface area contributed by atoms with Gasteiger partial charge < -0.3 is 10.1 Å².